The Hall–Kier alpha value is -0.120. The molecular formula is C13H21NS2. The van der Waals surface area contributed by atoms with Crippen molar-refractivity contribution in [3.05, 3.63) is 29.8 Å². The van der Waals surface area contributed by atoms with E-state index in [9.17, 15) is 0 Å². The first kappa shape index (κ1) is 13.9. The third-order valence-electron chi connectivity index (χ3n) is 2.51. The average Bonchev–Trinajstić information content (AvgIpc) is 2.34. The number of nitrogens with one attached hydrogen (secondary N) is 1. The molecule has 0 amide bonds. The lowest BCUT2D eigenvalue weighted by molar-refractivity contribution is 0.652. The molecule has 0 heterocycles. The Morgan fingerprint density at radius 2 is 1.88 bits per heavy atom. The van der Waals surface area contributed by atoms with Crippen LogP contribution in [-0.4, -0.2) is 24.3 Å². The van der Waals surface area contributed by atoms with Crippen molar-refractivity contribution in [3.8, 4) is 0 Å². The summed E-state index contributed by atoms with van der Waals surface area (Å²) in [5, 5.41) is 3.25. The van der Waals surface area contributed by atoms with Gasteiger partial charge in [-0.2, -0.15) is 11.8 Å². The van der Waals surface area contributed by atoms with Gasteiger partial charge in [-0.1, -0.05) is 19.1 Å². The van der Waals surface area contributed by atoms with Crippen molar-refractivity contribution in [2.45, 2.75) is 24.8 Å². The summed E-state index contributed by atoms with van der Waals surface area (Å²) in [5.74, 6) is 3.68. The quantitative estimate of drug-likeness (QED) is 0.588. The molecule has 0 bridgehead atoms. The maximum absolute atomic E-state index is 3.25. The van der Waals surface area contributed by atoms with Crippen molar-refractivity contribution in [1.82, 2.24) is 5.32 Å². The van der Waals surface area contributed by atoms with Gasteiger partial charge in [0.25, 0.3) is 0 Å². The summed E-state index contributed by atoms with van der Waals surface area (Å²) in [7, 11) is 2.00. The molecule has 1 nitrogen and oxygen atoms in total. The second-order valence-electron chi connectivity index (χ2n) is 3.62. The van der Waals surface area contributed by atoms with E-state index >= 15 is 0 Å². The highest BCUT2D eigenvalue weighted by molar-refractivity contribution is 8.02. The summed E-state index contributed by atoms with van der Waals surface area (Å²) in [4.78, 5) is 1.38. The third-order valence-corrected chi connectivity index (χ3v) is 4.69. The van der Waals surface area contributed by atoms with Gasteiger partial charge in [0.1, 0.15) is 0 Å². The molecule has 1 aromatic rings. The molecule has 0 spiro atoms. The normalized spacial score (nSPS) is 12.7. The molecule has 16 heavy (non-hydrogen) atoms. The molecular weight excluding hydrogens is 234 g/mol. The van der Waals surface area contributed by atoms with Crippen LogP contribution in [0.4, 0.5) is 0 Å². The molecule has 1 atom stereocenters. The molecule has 1 N–H and O–H groups in total. The molecule has 1 unspecified atom stereocenters. The van der Waals surface area contributed by atoms with Gasteiger partial charge in [-0.3, -0.25) is 0 Å². The lowest BCUT2D eigenvalue weighted by atomic mass is 10.1. The Labute approximate surface area is 108 Å². The van der Waals surface area contributed by atoms with Crippen LogP contribution in [0.15, 0.2) is 29.2 Å². The second-order valence-corrected chi connectivity index (χ2v) is 6.19. The largest absolute Gasteiger partial charge is 0.313 e. The van der Waals surface area contributed by atoms with Gasteiger partial charge in [-0.15, -0.1) is 11.8 Å². The van der Waals surface area contributed by atoms with Gasteiger partial charge in [-0.05, 0) is 37.4 Å². The highest BCUT2D eigenvalue weighted by Crippen LogP contribution is 2.21. The van der Waals surface area contributed by atoms with Gasteiger partial charge in [0.05, 0.1) is 0 Å². The predicted octanol–water partition coefficient (Wildman–Crippen LogP) is 3.81. The second kappa shape index (κ2) is 8.04. The summed E-state index contributed by atoms with van der Waals surface area (Å²) < 4.78 is 0. The van der Waals surface area contributed by atoms with Gasteiger partial charge < -0.3 is 5.32 Å². The Balaban J connectivity index is 2.39. The molecule has 1 aromatic carbocycles. The summed E-state index contributed by atoms with van der Waals surface area (Å²) in [6, 6.07) is 9.33. The van der Waals surface area contributed by atoms with Crippen LogP contribution in [0.25, 0.3) is 0 Å². The molecule has 0 fully saturated rings. The van der Waals surface area contributed by atoms with Crippen molar-refractivity contribution in [2.24, 2.45) is 0 Å². The zero-order chi connectivity index (χ0) is 11.8. The van der Waals surface area contributed by atoms with Crippen molar-refractivity contribution < 1.29 is 0 Å². The molecule has 90 valence electrons. The number of hydrogen-bond donors (Lipinski definition) is 1. The van der Waals surface area contributed by atoms with E-state index in [0.29, 0.717) is 6.04 Å². The Kier molecular flexibility index (Phi) is 7.01. The minimum atomic E-state index is 0.440. The Morgan fingerprint density at radius 3 is 2.44 bits per heavy atom. The zero-order valence-corrected chi connectivity index (χ0v) is 12.0. The van der Waals surface area contributed by atoms with Gasteiger partial charge in [0.2, 0.25) is 0 Å². The average molecular weight is 255 g/mol. The van der Waals surface area contributed by atoms with Crippen LogP contribution in [0.5, 0.6) is 0 Å². The molecule has 0 aliphatic rings. The summed E-state index contributed by atoms with van der Waals surface area (Å²) in [5.41, 5.74) is 1.36. The Bertz CT molecular complexity index is 284. The summed E-state index contributed by atoms with van der Waals surface area (Å²) >= 11 is 3.96. The molecule has 0 radical (unpaired) electrons. The third kappa shape index (κ3) is 4.81. The maximum Gasteiger partial charge on any atom is 0.0289 e. The molecule has 0 aliphatic carbocycles. The van der Waals surface area contributed by atoms with E-state index in [4.69, 9.17) is 0 Å². The van der Waals surface area contributed by atoms with E-state index in [0.717, 1.165) is 0 Å². The monoisotopic (exact) mass is 255 g/mol. The minimum Gasteiger partial charge on any atom is -0.313 e. The van der Waals surface area contributed by atoms with E-state index < -0.39 is 0 Å². The Morgan fingerprint density at radius 1 is 1.19 bits per heavy atom. The smallest absolute Gasteiger partial charge is 0.0289 e. The van der Waals surface area contributed by atoms with Crippen molar-refractivity contribution in [2.75, 3.05) is 24.3 Å². The lowest BCUT2D eigenvalue weighted by Crippen LogP contribution is -2.11. The van der Waals surface area contributed by atoms with Crippen LogP contribution in [0.2, 0.25) is 0 Å². The zero-order valence-electron chi connectivity index (χ0n) is 10.3. The van der Waals surface area contributed by atoms with Crippen LogP contribution in [-0.2, 0) is 0 Å². The van der Waals surface area contributed by atoms with Crippen LogP contribution in [0, 0.1) is 0 Å². The summed E-state index contributed by atoms with van der Waals surface area (Å²) in [6.07, 6.45) is 0. The molecule has 0 saturated carbocycles. The van der Waals surface area contributed by atoms with Gasteiger partial charge in [0.15, 0.2) is 0 Å². The van der Waals surface area contributed by atoms with E-state index in [2.05, 4.69) is 43.4 Å². The standard InChI is InChI=1S/C13H21NS2/c1-4-15-9-10-16-13-7-5-12(6-8-13)11(2)14-3/h5-8,11,14H,4,9-10H2,1-3H3. The molecule has 1 rings (SSSR count). The van der Waals surface area contributed by atoms with Gasteiger partial charge >= 0.3 is 0 Å². The van der Waals surface area contributed by atoms with Crippen LogP contribution in [0.3, 0.4) is 0 Å². The first-order valence-electron chi connectivity index (χ1n) is 5.75. The number of thioether (sulfide) groups is 2. The van der Waals surface area contributed by atoms with E-state index in [1.165, 1.54) is 27.7 Å². The van der Waals surface area contributed by atoms with Crippen LogP contribution in [0.1, 0.15) is 25.5 Å². The van der Waals surface area contributed by atoms with Crippen molar-refractivity contribution >= 4 is 23.5 Å². The van der Waals surface area contributed by atoms with Crippen LogP contribution >= 0.6 is 23.5 Å². The van der Waals surface area contributed by atoms with E-state index in [1.54, 1.807) is 0 Å². The van der Waals surface area contributed by atoms with E-state index in [-0.39, 0.29) is 0 Å². The minimum absolute atomic E-state index is 0.440. The molecule has 0 aliphatic heterocycles. The number of benzene rings is 1. The van der Waals surface area contributed by atoms with E-state index in [1.807, 2.05) is 30.6 Å². The van der Waals surface area contributed by atoms with Crippen molar-refractivity contribution in [1.29, 1.82) is 0 Å². The molecule has 0 saturated heterocycles. The number of rotatable bonds is 7. The van der Waals surface area contributed by atoms with Gasteiger partial charge in [-0.25, -0.2) is 0 Å². The first-order chi connectivity index (χ1) is 7.77. The fourth-order valence-electron chi connectivity index (χ4n) is 1.38. The first-order valence-corrected chi connectivity index (χ1v) is 7.89. The van der Waals surface area contributed by atoms with Crippen LogP contribution < -0.4 is 5.32 Å². The fourth-order valence-corrected chi connectivity index (χ4v) is 3.04. The van der Waals surface area contributed by atoms with Gasteiger partial charge in [0, 0.05) is 22.4 Å². The highest BCUT2D eigenvalue weighted by Gasteiger charge is 2.01. The molecule has 3 heteroatoms. The highest BCUT2D eigenvalue weighted by atomic mass is 32.2. The predicted molar refractivity (Wildman–Crippen MR) is 77.6 cm³/mol. The number of hydrogen-bond acceptors (Lipinski definition) is 3. The summed E-state index contributed by atoms with van der Waals surface area (Å²) in [6.45, 7) is 4.39. The SMILES string of the molecule is CCSCCSc1ccc(C(C)NC)cc1. The molecule has 0 aromatic heterocycles. The maximum atomic E-state index is 3.25. The topological polar surface area (TPSA) is 12.0 Å². The van der Waals surface area contributed by atoms with Crippen molar-refractivity contribution in [3.63, 3.8) is 0 Å². The lowest BCUT2D eigenvalue weighted by Gasteiger charge is -2.10. The fraction of sp³-hybridized carbons (Fsp3) is 0.538.